The van der Waals surface area contributed by atoms with Crippen molar-refractivity contribution in [3.63, 3.8) is 0 Å². The van der Waals surface area contributed by atoms with E-state index in [2.05, 4.69) is 15.6 Å². The molecule has 0 saturated heterocycles. The lowest BCUT2D eigenvalue weighted by molar-refractivity contribution is -0.137. The summed E-state index contributed by atoms with van der Waals surface area (Å²) < 4.78 is 38.0. The summed E-state index contributed by atoms with van der Waals surface area (Å²) in [5, 5.41) is 6.17. The van der Waals surface area contributed by atoms with E-state index in [1.807, 2.05) is 36.4 Å². The Morgan fingerprint density at radius 2 is 1.64 bits per heavy atom. The second kappa shape index (κ2) is 6.84. The zero-order valence-corrected chi connectivity index (χ0v) is 13.4. The lowest BCUT2D eigenvalue weighted by atomic mass is 10.0. The first kappa shape index (κ1) is 16.8. The molecular formula is C19H16F3N3. The van der Waals surface area contributed by atoms with Crippen molar-refractivity contribution in [3.05, 3.63) is 72.4 Å². The Balaban J connectivity index is 1.91. The smallest absolute Gasteiger partial charge is 0.373 e. The monoisotopic (exact) mass is 343 g/mol. The molecule has 3 aromatic rings. The van der Waals surface area contributed by atoms with Gasteiger partial charge >= 0.3 is 6.18 Å². The third kappa shape index (κ3) is 3.91. The first-order valence-electron chi connectivity index (χ1n) is 7.65. The maximum Gasteiger partial charge on any atom is 0.416 e. The van der Waals surface area contributed by atoms with Gasteiger partial charge in [-0.05, 0) is 48.0 Å². The van der Waals surface area contributed by atoms with Gasteiger partial charge in [0.2, 0.25) is 0 Å². The predicted molar refractivity (Wildman–Crippen MR) is 93.9 cm³/mol. The average Bonchev–Trinajstić information content (AvgIpc) is 2.62. The van der Waals surface area contributed by atoms with Crippen molar-refractivity contribution in [1.82, 2.24) is 4.98 Å². The maximum atomic E-state index is 12.7. The molecule has 0 atom stereocenters. The zero-order chi connectivity index (χ0) is 17.9. The number of hydrogen-bond donors (Lipinski definition) is 2. The number of anilines is 3. The van der Waals surface area contributed by atoms with E-state index in [1.165, 1.54) is 12.1 Å². The molecule has 0 aliphatic rings. The van der Waals surface area contributed by atoms with Gasteiger partial charge in [0.1, 0.15) is 5.82 Å². The number of nitrogens with zero attached hydrogens (tertiary/aromatic N) is 1. The topological polar surface area (TPSA) is 37.0 Å². The minimum atomic E-state index is -4.34. The molecule has 0 amide bonds. The molecule has 3 nitrogen and oxygen atoms in total. The summed E-state index contributed by atoms with van der Waals surface area (Å²) in [6, 6.07) is 16.4. The summed E-state index contributed by atoms with van der Waals surface area (Å²) in [5.74, 6) is 0.738. The Labute approximate surface area is 143 Å². The van der Waals surface area contributed by atoms with Crippen molar-refractivity contribution < 1.29 is 13.2 Å². The molecule has 25 heavy (non-hydrogen) atoms. The van der Waals surface area contributed by atoms with Crippen LogP contribution in [0.2, 0.25) is 0 Å². The molecule has 1 aromatic heterocycles. The SMILES string of the molecule is CNc1cc(-c2ccccc2Nc2ccc(C(F)(F)F)cc2)ccn1. The van der Waals surface area contributed by atoms with Gasteiger partial charge in [-0.2, -0.15) is 13.2 Å². The van der Waals surface area contributed by atoms with Gasteiger partial charge in [0.05, 0.1) is 5.56 Å². The van der Waals surface area contributed by atoms with Crippen LogP contribution in [0.25, 0.3) is 11.1 Å². The quantitative estimate of drug-likeness (QED) is 0.652. The second-order valence-corrected chi connectivity index (χ2v) is 5.43. The number of para-hydroxylation sites is 1. The van der Waals surface area contributed by atoms with Crippen molar-refractivity contribution in [2.45, 2.75) is 6.18 Å². The maximum absolute atomic E-state index is 12.7. The minimum Gasteiger partial charge on any atom is -0.373 e. The fourth-order valence-electron chi connectivity index (χ4n) is 2.48. The van der Waals surface area contributed by atoms with Crippen molar-refractivity contribution in [2.24, 2.45) is 0 Å². The average molecular weight is 343 g/mol. The van der Waals surface area contributed by atoms with Gasteiger partial charge in [-0.1, -0.05) is 18.2 Å². The van der Waals surface area contributed by atoms with Gasteiger partial charge < -0.3 is 10.6 Å². The number of hydrogen-bond acceptors (Lipinski definition) is 3. The zero-order valence-electron chi connectivity index (χ0n) is 13.4. The molecule has 2 aromatic carbocycles. The predicted octanol–water partition coefficient (Wildman–Crippen LogP) is 5.55. The van der Waals surface area contributed by atoms with E-state index in [-0.39, 0.29) is 0 Å². The van der Waals surface area contributed by atoms with Crippen LogP contribution in [0.4, 0.5) is 30.4 Å². The van der Waals surface area contributed by atoms with E-state index in [9.17, 15) is 13.2 Å². The highest BCUT2D eigenvalue weighted by atomic mass is 19.4. The third-order valence-electron chi connectivity index (χ3n) is 3.75. The first-order valence-corrected chi connectivity index (χ1v) is 7.65. The fraction of sp³-hybridized carbons (Fsp3) is 0.105. The van der Waals surface area contributed by atoms with Gasteiger partial charge in [0, 0.05) is 30.2 Å². The van der Waals surface area contributed by atoms with Crippen LogP contribution in [0.15, 0.2) is 66.9 Å². The first-order chi connectivity index (χ1) is 12.0. The molecule has 0 radical (unpaired) electrons. The summed E-state index contributed by atoms with van der Waals surface area (Å²) in [4.78, 5) is 4.19. The summed E-state index contributed by atoms with van der Waals surface area (Å²) in [7, 11) is 1.79. The minimum absolute atomic E-state index is 0.586. The van der Waals surface area contributed by atoms with Crippen LogP contribution in [0.5, 0.6) is 0 Å². The molecule has 0 unspecified atom stereocenters. The molecule has 128 valence electrons. The molecule has 0 bridgehead atoms. The number of aromatic nitrogens is 1. The van der Waals surface area contributed by atoms with Crippen LogP contribution < -0.4 is 10.6 Å². The Hall–Kier alpha value is -3.02. The van der Waals surface area contributed by atoms with Crippen LogP contribution in [0, 0.1) is 0 Å². The number of alkyl halides is 3. The van der Waals surface area contributed by atoms with E-state index in [1.54, 1.807) is 13.2 Å². The van der Waals surface area contributed by atoms with Crippen molar-refractivity contribution >= 4 is 17.2 Å². The van der Waals surface area contributed by atoms with Gasteiger partial charge in [-0.3, -0.25) is 0 Å². The van der Waals surface area contributed by atoms with Crippen LogP contribution >= 0.6 is 0 Å². The number of nitrogens with one attached hydrogen (secondary N) is 2. The largest absolute Gasteiger partial charge is 0.416 e. The molecule has 0 fully saturated rings. The summed E-state index contributed by atoms with van der Waals surface area (Å²) in [5.41, 5.74) is 2.61. The molecule has 0 aliphatic carbocycles. The van der Waals surface area contributed by atoms with Crippen LogP contribution in [0.1, 0.15) is 5.56 Å². The molecule has 6 heteroatoms. The Morgan fingerprint density at radius 1 is 0.920 bits per heavy atom. The third-order valence-corrected chi connectivity index (χ3v) is 3.75. The van der Waals surface area contributed by atoms with Crippen LogP contribution in [-0.4, -0.2) is 12.0 Å². The van der Waals surface area contributed by atoms with Gasteiger partial charge in [0.25, 0.3) is 0 Å². The highest BCUT2D eigenvalue weighted by Crippen LogP contribution is 2.33. The Morgan fingerprint density at radius 3 is 2.32 bits per heavy atom. The van der Waals surface area contributed by atoms with Crippen molar-refractivity contribution in [1.29, 1.82) is 0 Å². The lowest BCUT2D eigenvalue weighted by Gasteiger charge is -2.14. The molecule has 0 saturated carbocycles. The van der Waals surface area contributed by atoms with E-state index < -0.39 is 11.7 Å². The number of rotatable bonds is 4. The van der Waals surface area contributed by atoms with Gasteiger partial charge in [0.15, 0.2) is 0 Å². The van der Waals surface area contributed by atoms with E-state index >= 15 is 0 Å². The highest BCUT2D eigenvalue weighted by Gasteiger charge is 2.29. The van der Waals surface area contributed by atoms with Crippen LogP contribution in [-0.2, 0) is 6.18 Å². The lowest BCUT2D eigenvalue weighted by Crippen LogP contribution is -2.04. The van der Waals surface area contributed by atoms with Crippen molar-refractivity contribution in [2.75, 3.05) is 17.7 Å². The van der Waals surface area contributed by atoms with E-state index in [0.29, 0.717) is 5.69 Å². The molecule has 1 heterocycles. The van der Waals surface area contributed by atoms with Gasteiger partial charge in [-0.15, -0.1) is 0 Å². The standard InChI is InChI=1S/C19H16F3N3/c1-23-18-12-13(10-11-24-18)16-4-2-3-5-17(16)25-15-8-6-14(7-9-15)19(20,21)22/h2-12,25H,1H3,(H,23,24). The summed E-state index contributed by atoms with van der Waals surface area (Å²) in [6.07, 6.45) is -2.63. The number of benzene rings is 2. The number of pyridine rings is 1. The second-order valence-electron chi connectivity index (χ2n) is 5.43. The van der Waals surface area contributed by atoms with Gasteiger partial charge in [-0.25, -0.2) is 4.98 Å². The molecule has 0 aliphatic heterocycles. The molecule has 0 spiro atoms. The van der Waals surface area contributed by atoms with Crippen LogP contribution in [0.3, 0.4) is 0 Å². The molecule has 2 N–H and O–H groups in total. The van der Waals surface area contributed by atoms with E-state index in [0.717, 1.165) is 34.8 Å². The summed E-state index contributed by atoms with van der Waals surface area (Å²) in [6.45, 7) is 0. The molecular weight excluding hydrogens is 327 g/mol. The normalized spacial score (nSPS) is 11.2. The number of halogens is 3. The van der Waals surface area contributed by atoms with E-state index in [4.69, 9.17) is 0 Å². The summed E-state index contributed by atoms with van der Waals surface area (Å²) >= 11 is 0. The molecule has 3 rings (SSSR count). The fourth-order valence-corrected chi connectivity index (χ4v) is 2.48. The Bertz CT molecular complexity index is 858. The van der Waals surface area contributed by atoms with Crippen molar-refractivity contribution in [3.8, 4) is 11.1 Å². The Kier molecular flexibility index (Phi) is 4.61. The highest BCUT2D eigenvalue weighted by molar-refractivity contribution is 5.81.